The molecule has 0 aliphatic carbocycles. The first-order chi connectivity index (χ1) is 9.23. The molecule has 2 aliphatic rings. The molecule has 1 N–H and O–H groups in total. The standard InChI is InChI=1S/C13H23N3O3/c1-14-12(18)13(15-7-3-2-4-8-15)5-9-16(10-6-13)19-11-17/h11H,2-10H2,1H3,(H,14,18). The van der Waals surface area contributed by atoms with Gasteiger partial charge in [0, 0.05) is 20.1 Å². The molecule has 2 heterocycles. The zero-order valence-electron chi connectivity index (χ0n) is 11.6. The van der Waals surface area contributed by atoms with Crippen molar-refractivity contribution in [2.45, 2.75) is 37.6 Å². The molecule has 0 atom stereocenters. The highest BCUT2D eigenvalue weighted by Crippen LogP contribution is 2.31. The van der Waals surface area contributed by atoms with Crippen molar-refractivity contribution in [2.75, 3.05) is 33.2 Å². The molecule has 6 heteroatoms. The number of nitrogens with one attached hydrogen (secondary N) is 1. The zero-order chi connectivity index (χ0) is 13.7. The van der Waals surface area contributed by atoms with E-state index in [1.165, 1.54) is 6.42 Å². The Morgan fingerprint density at radius 3 is 2.32 bits per heavy atom. The largest absolute Gasteiger partial charge is 0.371 e. The molecule has 2 aliphatic heterocycles. The maximum absolute atomic E-state index is 12.4. The van der Waals surface area contributed by atoms with E-state index < -0.39 is 5.54 Å². The minimum atomic E-state index is -0.419. The topological polar surface area (TPSA) is 61.9 Å². The third kappa shape index (κ3) is 2.90. The Morgan fingerprint density at radius 2 is 1.79 bits per heavy atom. The van der Waals surface area contributed by atoms with Crippen LogP contribution >= 0.6 is 0 Å². The van der Waals surface area contributed by atoms with Gasteiger partial charge in [0.2, 0.25) is 5.91 Å². The number of nitrogens with zero attached hydrogens (tertiary/aromatic N) is 2. The van der Waals surface area contributed by atoms with E-state index in [1.807, 2.05) is 0 Å². The number of hydrogen-bond donors (Lipinski definition) is 1. The van der Waals surface area contributed by atoms with Gasteiger partial charge in [-0.1, -0.05) is 6.42 Å². The zero-order valence-corrected chi connectivity index (χ0v) is 11.6. The van der Waals surface area contributed by atoms with Crippen LogP contribution in [0.1, 0.15) is 32.1 Å². The minimum Gasteiger partial charge on any atom is -0.371 e. The lowest BCUT2D eigenvalue weighted by atomic mass is 9.83. The summed E-state index contributed by atoms with van der Waals surface area (Å²) in [6, 6.07) is 0. The Labute approximate surface area is 114 Å². The summed E-state index contributed by atoms with van der Waals surface area (Å²) in [5.41, 5.74) is -0.419. The Balaban J connectivity index is 2.08. The number of carbonyl (C=O) groups excluding carboxylic acids is 2. The summed E-state index contributed by atoms with van der Waals surface area (Å²) in [6.07, 6.45) is 4.99. The smallest absolute Gasteiger partial charge is 0.312 e. The predicted octanol–water partition coefficient (Wildman–Crippen LogP) is 0.141. The maximum Gasteiger partial charge on any atom is 0.312 e. The molecular formula is C13H23N3O3. The second kappa shape index (κ2) is 6.34. The fourth-order valence-electron chi connectivity index (χ4n) is 3.26. The fourth-order valence-corrected chi connectivity index (χ4v) is 3.26. The highest BCUT2D eigenvalue weighted by atomic mass is 16.7. The van der Waals surface area contributed by atoms with Crippen LogP contribution in [0.2, 0.25) is 0 Å². The molecule has 0 unspecified atom stereocenters. The summed E-state index contributed by atoms with van der Waals surface area (Å²) in [5, 5.41) is 4.45. The van der Waals surface area contributed by atoms with Gasteiger partial charge in [0.25, 0.3) is 0 Å². The number of piperidine rings is 2. The summed E-state index contributed by atoms with van der Waals surface area (Å²) >= 11 is 0. The van der Waals surface area contributed by atoms with E-state index in [1.54, 1.807) is 12.1 Å². The van der Waals surface area contributed by atoms with Gasteiger partial charge in [-0.25, -0.2) is 0 Å². The molecule has 0 aromatic rings. The predicted molar refractivity (Wildman–Crippen MR) is 70.2 cm³/mol. The van der Waals surface area contributed by atoms with Gasteiger partial charge in [0.1, 0.15) is 5.54 Å². The maximum atomic E-state index is 12.4. The lowest BCUT2D eigenvalue weighted by Gasteiger charge is -2.47. The van der Waals surface area contributed by atoms with Crippen molar-refractivity contribution >= 4 is 12.4 Å². The molecule has 0 spiro atoms. The Kier molecular flexibility index (Phi) is 4.76. The van der Waals surface area contributed by atoms with E-state index in [0.717, 1.165) is 25.9 Å². The van der Waals surface area contributed by atoms with Gasteiger partial charge in [0.15, 0.2) is 0 Å². The number of carbonyl (C=O) groups is 2. The Morgan fingerprint density at radius 1 is 1.16 bits per heavy atom. The molecule has 108 valence electrons. The van der Waals surface area contributed by atoms with Crippen LogP contribution in [0, 0.1) is 0 Å². The number of hydroxylamine groups is 2. The number of amides is 1. The second-order valence-corrected chi connectivity index (χ2v) is 5.29. The van der Waals surface area contributed by atoms with Crippen LogP contribution < -0.4 is 5.32 Å². The summed E-state index contributed by atoms with van der Waals surface area (Å²) < 4.78 is 0. The molecule has 0 saturated carbocycles. The van der Waals surface area contributed by atoms with E-state index in [4.69, 9.17) is 4.84 Å². The van der Waals surface area contributed by atoms with Crippen LogP contribution in [-0.2, 0) is 14.4 Å². The summed E-state index contributed by atoms with van der Waals surface area (Å²) in [7, 11) is 1.70. The van der Waals surface area contributed by atoms with Gasteiger partial charge in [-0.3, -0.25) is 14.5 Å². The summed E-state index contributed by atoms with van der Waals surface area (Å²) in [6.45, 7) is 3.66. The van der Waals surface area contributed by atoms with E-state index >= 15 is 0 Å². The highest BCUT2D eigenvalue weighted by Gasteiger charge is 2.46. The third-order valence-corrected chi connectivity index (χ3v) is 4.35. The molecule has 1 amide bonds. The van der Waals surface area contributed by atoms with Crippen LogP contribution in [-0.4, -0.2) is 61.1 Å². The number of likely N-dealkylation sites (N-methyl/N-ethyl adjacent to an activating group) is 1. The molecule has 19 heavy (non-hydrogen) atoms. The quantitative estimate of drug-likeness (QED) is 0.736. The molecule has 0 radical (unpaired) electrons. The van der Waals surface area contributed by atoms with E-state index in [2.05, 4.69) is 10.2 Å². The molecule has 0 aromatic heterocycles. The van der Waals surface area contributed by atoms with Gasteiger partial charge in [-0.05, 0) is 38.8 Å². The second-order valence-electron chi connectivity index (χ2n) is 5.29. The highest BCUT2D eigenvalue weighted by molar-refractivity contribution is 5.86. The van der Waals surface area contributed by atoms with Crippen LogP contribution in [0.25, 0.3) is 0 Å². The normalized spacial score (nSPS) is 24.7. The number of likely N-dealkylation sites (tertiary alicyclic amines) is 1. The van der Waals surface area contributed by atoms with E-state index in [9.17, 15) is 9.59 Å². The van der Waals surface area contributed by atoms with Crippen LogP contribution in [0.15, 0.2) is 0 Å². The molecule has 2 fully saturated rings. The first-order valence-electron chi connectivity index (χ1n) is 7.05. The Bertz CT molecular complexity index is 321. The first-order valence-corrected chi connectivity index (χ1v) is 7.05. The Hall–Kier alpha value is -1.14. The van der Waals surface area contributed by atoms with E-state index in [0.29, 0.717) is 32.4 Å². The van der Waals surface area contributed by atoms with Crippen LogP contribution in [0.3, 0.4) is 0 Å². The van der Waals surface area contributed by atoms with Crippen molar-refractivity contribution in [3.05, 3.63) is 0 Å². The minimum absolute atomic E-state index is 0.0974. The third-order valence-electron chi connectivity index (χ3n) is 4.35. The lowest BCUT2D eigenvalue weighted by Crippen LogP contribution is -2.63. The van der Waals surface area contributed by atoms with Gasteiger partial charge in [-0.2, -0.15) is 0 Å². The number of rotatable bonds is 4. The molecule has 2 saturated heterocycles. The molecular weight excluding hydrogens is 246 g/mol. The molecule has 2 rings (SSSR count). The van der Waals surface area contributed by atoms with Gasteiger partial charge >= 0.3 is 6.47 Å². The van der Waals surface area contributed by atoms with Crippen molar-refractivity contribution < 1.29 is 14.4 Å². The van der Waals surface area contributed by atoms with Crippen LogP contribution in [0.5, 0.6) is 0 Å². The molecule has 6 nitrogen and oxygen atoms in total. The number of hydrogen-bond acceptors (Lipinski definition) is 5. The van der Waals surface area contributed by atoms with E-state index in [-0.39, 0.29) is 5.91 Å². The van der Waals surface area contributed by atoms with Crippen LogP contribution in [0.4, 0.5) is 0 Å². The van der Waals surface area contributed by atoms with Crippen molar-refractivity contribution in [3.63, 3.8) is 0 Å². The van der Waals surface area contributed by atoms with Crippen molar-refractivity contribution in [1.29, 1.82) is 0 Å². The fraction of sp³-hybridized carbons (Fsp3) is 0.846. The SMILES string of the molecule is CNC(=O)C1(N2CCCCC2)CCN(OC=O)CC1. The molecule has 0 aromatic carbocycles. The first kappa shape index (κ1) is 14.3. The summed E-state index contributed by atoms with van der Waals surface area (Å²) in [5.74, 6) is 0.0974. The van der Waals surface area contributed by atoms with Crippen molar-refractivity contribution in [2.24, 2.45) is 0 Å². The molecule has 0 bridgehead atoms. The lowest BCUT2D eigenvalue weighted by molar-refractivity contribution is -0.187. The van der Waals surface area contributed by atoms with Gasteiger partial charge in [0.05, 0.1) is 0 Å². The van der Waals surface area contributed by atoms with Gasteiger partial charge in [-0.15, -0.1) is 5.06 Å². The average molecular weight is 269 g/mol. The summed E-state index contributed by atoms with van der Waals surface area (Å²) in [4.78, 5) is 29.9. The van der Waals surface area contributed by atoms with Crippen molar-refractivity contribution in [1.82, 2.24) is 15.3 Å². The van der Waals surface area contributed by atoms with Crippen molar-refractivity contribution in [3.8, 4) is 0 Å². The van der Waals surface area contributed by atoms with Gasteiger partial charge < -0.3 is 10.2 Å². The average Bonchev–Trinajstić information content (AvgIpc) is 2.48. The monoisotopic (exact) mass is 269 g/mol.